The highest BCUT2D eigenvalue weighted by atomic mass is 16.3. The lowest BCUT2D eigenvalue weighted by Gasteiger charge is -1.93. The fraction of sp³-hybridized carbons (Fsp3) is 0.214. The quantitative estimate of drug-likeness (QED) is 0.821. The molecule has 0 atom stereocenters. The molecule has 0 aromatic carbocycles. The molecular weight excluding hydrogens is 228 g/mol. The maximum Gasteiger partial charge on any atom is 0.168 e. The molecule has 0 bridgehead atoms. The van der Waals surface area contributed by atoms with Crippen LogP contribution in [0.3, 0.4) is 0 Å². The van der Waals surface area contributed by atoms with Crippen LogP contribution >= 0.6 is 0 Å². The van der Waals surface area contributed by atoms with Crippen LogP contribution in [0.2, 0.25) is 0 Å². The monoisotopic (exact) mass is 244 g/mol. The zero-order valence-electron chi connectivity index (χ0n) is 10.5. The predicted molar refractivity (Wildman–Crippen MR) is 69.3 cm³/mol. The predicted octanol–water partition coefficient (Wildman–Crippen LogP) is 2.08. The second-order valence-corrected chi connectivity index (χ2v) is 3.86. The zero-order valence-corrected chi connectivity index (χ0v) is 10.5. The summed E-state index contributed by atoms with van der Waals surface area (Å²) in [7, 11) is 0. The summed E-state index contributed by atoms with van der Waals surface area (Å²) < 4.78 is 0. The zero-order chi connectivity index (χ0) is 13.4. The fourth-order valence-electron chi connectivity index (χ4n) is 1.14. The molecule has 0 saturated carbocycles. The molecule has 0 aliphatic heterocycles. The maximum atomic E-state index is 10.1. The van der Waals surface area contributed by atoms with E-state index in [2.05, 4.69) is 9.97 Å². The van der Waals surface area contributed by atoms with Gasteiger partial charge in [-0.3, -0.25) is 14.8 Å². The summed E-state index contributed by atoms with van der Waals surface area (Å²) >= 11 is 0. The second kappa shape index (κ2) is 7.29. The van der Waals surface area contributed by atoms with E-state index in [0.29, 0.717) is 5.69 Å². The highest BCUT2D eigenvalue weighted by molar-refractivity contribution is 5.71. The van der Waals surface area contributed by atoms with Crippen molar-refractivity contribution in [2.45, 2.75) is 20.5 Å². The maximum absolute atomic E-state index is 10.1. The summed E-state index contributed by atoms with van der Waals surface area (Å²) in [5.41, 5.74) is 3.40. The van der Waals surface area contributed by atoms with Gasteiger partial charge in [-0.25, -0.2) is 0 Å². The molecule has 0 amide bonds. The lowest BCUT2D eigenvalue weighted by atomic mass is 10.3. The van der Waals surface area contributed by atoms with Gasteiger partial charge in [0.1, 0.15) is 5.69 Å². The van der Waals surface area contributed by atoms with Crippen LogP contribution in [-0.4, -0.2) is 21.4 Å². The summed E-state index contributed by atoms with van der Waals surface area (Å²) in [5.74, 6) is 0. The summed E-state index contributed by atoms with van der Waals surface area (Å²) in [6.07, 6.45) is 4.15. The first-order valence-corrected chi connectivity index (χ1v) is 5.56. The van der Waals surface area contributed by atoms with Crippen molar-refractivity contribution in [1.82, 2.24) is 9.97 Å². The third-order valence-corrected chi connectivity index (χ3v) is 2.19. The highest BCUT2D eigenvalue weighted by Gasteiger charge is 1.87. The van der Waals surface area contributed by atoms with E-state index in [1.807, 2.05) is 32.0 Å². The van der Waals surface area contributed by atoms with Crippen LogP contribution in [0, 0.1) is 13.8 Å². The van der Waals surface area contributed by atoms with Gasteiger partial charge >= 0.3 is 0 Å². The summed E-state index contributed by atoms with van der Waals surface area (Å²) in [6, 6.07) is 7.30. The van der Waals surface area contributed by atoms with Crippen LogP contribution in [0.4, 0.5) is 0 Å². The van der Waals surface area contributed by atoms with Gasteiger partial charge in [-0.2, -0.15) is 0 Å². The minimum atomic E-state index is 0.0281. The van der Waals surface area contributed by atoms with E-state index < -0.39 is 0 Å². The minimum absolute atomic E-state index is 0.0281. The molecule has 2 rings (SSSR count). The Balaban J connectivity index is 0.000000180. The number of hydrogen-bond donors (Lipinski definition) is 1. The van der Waals surface area contributed by atoms with Crippen LogP contribution < -0.4 is 0 Å². The Morgan fingerprint density at radius 1 is 1.06 bits per heavy atom. The van der Waals surface area contributed by atoms with Crippen molar-refractivity contribution in [3.05, 3.63) is 59.2 Å². The smallest absolute Gasteiger partial charge is 0.168 e. The second-order valence-electron chi connectivity index (χ2n) is 3.86. The Bertz CT molecular complexity index is 478. The van der Waals surface area contributed by atoms with Crippen LogP contribution in [0.15, 0.2) is 36.7 Å². The molecule has 0 radical (unpaired) electrons. The van der Waals surface area contributed by atoms with Gasteiger partial charge in [-0.1, -0.05) is 12.1 Å². The van der Waals surface area contributed by atoms with Gasteiger partial charge in [0.05, 0.1) is 12.3 Å². The molecule has 2 aromatic rings. The van der Waals surface area contributed by atoms with Crippen molar-refractivity contribution < 1.29 is 9.90 Å². The van der Waals surface area contributed by atoms with E-state index >= 15 is 0 Å². The van der Waals surface area contributed by atoms with Crippen LogP contribution in [-0.2, 0) is 6.61 Å². The summed E-state index contributed by atoms with van der Waals surface area (Å²) in [6.45, 7) is 3.93. The number of pyridine rings is 2. The number of nitrogens with zero attached hydrogens (tertiary/aromatic N) is 2. The van der Waals surface area contributed by atoms with E-state index in [1.54, 1.807) is 18.5 Å². The number of rotatable bonds is 2. The van der Waals surface area contributed by atoms with Crippen molar-refractivity contribution in [1.29, 1.82) is 0 Å². The van der Waals surface area contributed by atoms with Gasteiger partial charge in [-0.05, 0) is 37.1 Å². The minimum Gasteiger partial charge on any atom is -0.390 e. The van der Waals surface area contributed by atoms with Gasteiger partial charge in [-0.15, -0.1) is 0 Å². The number of hydrogen-bond acceptors (Lipinski definition) is 4. The SMILES string of the molecule is Cc1ccc(C=O)nc1.Cc1ccc(CO)nc1. The molecule has 0 fully saturated rings. The van der Waals surface area contributed by atoms with Crippen LogP contribution in [0.1, 0.15) is 27.3 Å². The molecule has 0 saturated heterocycles. The van der Waals surface area contributed by atoms with Crippen molar-refractivity contribution in [2.75, 3.05) is 0 Å². The number of aryl methyl sites for hydroxylation is 2. The summed E-state index contributed by atoms with van der Waals surface area (Å²) in [4.78, 5) is 17.8. The molecule has 0 spiro atoms. The number of aromatic nitrogens is 2. The first-order chi connectivity index (χ1) is 8.65. The molecule has 4 nitrogen and oxygen atoms in total. The third-order valence-electron chi connectivity index (χ3n) is 2.19. The normalized spacial score (nSPS) is 9.28. The number of aliphatic hydroxyl groups excluding tert-OH is 1. The van der Waals surface area contributed by atoms with E-state index in [1.165, 1.54) is 0 Å². The lowest BCUT2D eigenvalue weighted by molar-refractivity contribution is 0.111. The molecule has 0 aliphatic rings. The van der Waals surface area contributed by atoms with Crippen molar-refractivity contribution in [2.24, 2.45) is 0 Å². The van der Waals surface area contributed by atoms with Gasteiger partial charge in [0.25, 0.3) is 0 Å². The molecule has 0 unspecified atom stereocenters. The van der Waals surface area contributed by atoms with Crippen LogP contribution in [0.5, 0.6) is 0 Å². The number of carbonyl (C=O) groups excluding carboxylic acids is 1. The topological polar surface area (TPSA) is 63.1 Å². The number of carbonyl (C=O) groups is 1. The first kappa shape index (κ1) is 14.0. The van der Waals surface area contributed by atoms with E-state index in [0.717, 1.165) is 23.1 Å². The molecule has 2 aromatic heterocycles. The third kappa shape index (κ3) is 4.84. The largest absolute Gasteiger partial charge is 0.390 e. The Labute approximate surface area is 106 Å². The highest BCUT2D eigenvalue weighted by Crippen LogP contribution is 1.96. The lowest BCUT2D eigenvalue weighted by Crippen LogP contribution is -1.87. The van der Waals surface area contributed by atoms with Gasteiger partial charge in [0.2, 0.25) is 0 Å². The number of aliphatic hydroxyl groups is 1. The Morgan fingerprint density at radius 3 is 2.06 bits per heavy atom. The van der Waals surface area contributed by atoms with Crippen molar-refractivity contribution in [3.63, 3.8) is 0 Å². The van der Waals surface area contributed by atoms with Crippen LogP contribution in [0.25, 0.3) is 0 Å². The van der Waals surface area contributed by atoms with E-state index in [-0.39, 0.29) is 6.61 Å². The average molecular weight is 244 g/mol. The molecule has 94 valence electrons. The Morgan fingerprint density at radius 2 is 1.67 bits per heavy atom. The Kier molecular flexibility index (Phi) is 5.67. The van der Waals surface area contributed by atoms with Gasteiger partial charge in [0, 0.05) is 12.4 Å². The molecule has 18 heavy (non-hydrogen) atoms. The van der Waals surface area contributed by atoms with Gasteiger partial charge < -0.3 is 5.11 Å². The molecule has 0 aliphatic carbocycles. The Hall–Kier alpha value is -2.07. The molecular formula is C14H16N2O2. The van der Waals surface area contributed by atoms with E-state index in [9.17, 15) is 4.79 Å². The van der Waals surface area contributed by atoms with Crippen molar-refractivity contribution >= 4 is 6.29 Å². The van der Waals surface area contributed by atoms with Crippen molar-refractivity contribution in [3.8, 4) is 0 Å². The number of aldehydes is 1. The summed E-state index contributed by atoms with van der Waals surface area (Å²) in [5, 5.41) is 8.57. The van der Waals surface area contributed by atoms with E-state index in [4.69, 9.17) is 5.11 Å². The standard InChI is InChI=1S/C7H9NO.C7H7NO/c2*1-6-2-3-7(5-9)8-4-6/h2-4,9H,5H2,1H3;2-5H,1H3. The molecule has 2 heterocycles. The first-order valence-electron chi connectivity index (χ1n) is 5.56. The molecule has 4 heteroatoms. The fourth-order valence-corrected chi connectivity index (χ4v) is 1.14. The molecule has 1 N–H and O–H groups in total. The average Bonchev–Trinajstić information content (AvgIpc) is 2.41. The van der Waals surface area contributed by atoms with Gasteiger partial charge in [0.15, 0.2) is 6.29 Å².